The second kappa shape index (κ2) is 6.24. The number of hydrogen-bond acceptors (Lipinski definition) is 2. The van der Waals surface area contributed by atoms with Crippen LogP contribution in [0.2, 0.25) is 0 Å². The first-order valence-corrected chi connectivity index (χ1v) is 6.41. The Morgan fingerprint density at radius 3 is 2.69 bits per heavy atom. The van der Waals surface area contributed by atoms with E-state index in [0.717, 1.165) is 31.7 Å². The molecule has 0 aromatic rings. The SMILES string of the molecule is CC(C)(CO)CCCNC(=O)CCC1CC1. The molecule has 1 saturated carbocycles. The second-order valence-electron chi connectivity index (χ2n) is 5.76. The van der Waals surface area contributed by atoms with Crippen molar-refractivity contribution >= 4 is 5.91 Å². The summed E-state index contributed by atoms with van der Waals surface area (Å²) in [5, 5.41) is 12.0. The van der Waals surface area contributed by atoms with E-state index < -0.39 is 0 Å². The number of hydrogen-bond donors (Lipinski definition) is 2. The third-order valence-corrected chi connectivity index (χ3v) is 3.26. The van der Waals surface area contributed by atoms with Crippen LogP contribution in [0.15, 0.2) is 0 Å². The zero-order valence-electron chi connectivity index (χ0n) is 10.6. The molecule has 3 nitrogen and oxygen atoms in total. The van der Waals surface area contributed by atoms with Crippen LogP contribution >= 0.6 is 0 Å². The molecule has 0 spiro atoms. The van der Waals surface area contributed by atoms with E-state index in [4.69, 9.17) is 5.11 Å². The van der Waals surface area contributed by atoms with Crippen molar-refractivity contribution in [1.29, 1.82) is 0 Å². The summed E-state index contributed by atoms with van der Waals surface area (Å²) in [6, 6.07) is 0. The fraction of sp³-hybridized carbons (Fsp3) is 0.923. The van der Waals surface area contributed by atoms with E-state index in [9.17, 15) is 4.79 Å². The molecule has 1 aliphatic carbocycles. The van der Waals surface area contributed by atoms with Crippen LogP contribution < -0.4 is 5.32 Å². The molecule has 0 unspecified atom stereocenters. The number of nitrogens with one attached hydrogen (secondary N) is 1. The minimum Gasteiger partial charge on any atom is -0.396 e. The summed E-state index contributed by atoms with van der Waals surface area (Å²) in [7, 11) is 0. The number of carbonyl (C=O) groups is 1. The molecule has 1 amide bonds. The number of aliphatic hydroxyl groups is 1. The van der Waals surface area contributed by atoms with Crippen LogP contribution in [-0.2, 0) is 4.79 Å². The van der Waals surface area contributed by atoms with Crippen LogP contribution in [0.25, 0.3) is 0 Å². The molecule has 3 heteroatoms. The fourth-order valence-corrected chi connectivity index (χ4v) is 1.70. The van der Waals surface area contributed by atoms with Gasteiger partial charge in [-0.1, -0.05) is 26.7 Å². The van der Waals surface area contributed by atoms with Crippen molar-refractivity contribution in [3.63, 3.8) is 0 Å². The van der Waals surface area contributed by atoms with Gasteiger partial charge in [0.05, 0.1) is 0 Å². The standard InChI is InChI=1S/C13H25NO2/c1-13(2,10-15)8-3-9-14-12(16)7-6-11-4-5-11/h11,15H,3-10H2,1-2H3,(H,14,16). The van der Waals surface area contributed by atoms with Gasteiger partial charge in [-0.3, -0.25) is 4.79 Å². The maximum atomic E-state index is 11.4. The van der Waals surface area contributed by atoms with Crippen molar-refractivity contribution < 1.29 is 9.90 Å². The van der Waals surface area contributed by atoms with Crippen LogP contribution in [0.1, 0.15) is 52.4 Å². The summed E-state index contributed by atoms with van der Waals surface area (Å²) < 4.78 is 0. The third-order valence-electron chi connectivity index (χ3n) is 3.26. The summed E-state index contributed by atoms with van der Waals surface area (Å²) in [5.41, 5.74) is -0.0151. The minimum atomic E-state index is -0.0151. The van der Waals surface area contributed by atoms with Crippen LogP contribution in [0, 0.1) is 11.3 Å². The average Bonchev–Trinajstić information content (AvgIpc) is 3.05. The summed E-state index contributed by atoms with van der Waals surface area (Å²) in [6.07, 6.45) is 6.28. The zero-order chi connectivity index (χ0) is 12.0. The molecule has 0 radical (unpaired) electrons. The van der Waals surface area contributed by atoms with Gasteiger partial charge in [0.1, 0.15) is 0 Å². The molecular formula is C13H25NO2. The number of aliphatic hydroxyl groups excluding tert-OH is 1. The molecule has 94 valence electrons. The summed E-state index contributed by atoms with van der Waals surface area (Å²) in [4.78, 5) is 11.4. The van der Waals surface area contributed by atoms with Crippen molar-refractivity contribution in [2.45, 2.75) is 52.4 Å². The van der Waals surface area contributed by atoms with E-state index in [1.807, 2.05) is 13.8 Å². The molecule has 0 saturated heterocycles. The Morgan fingerprint density at radius 2 is 2.12 bits per heavy atom. The Labute approximate surface area is 98.6 Å². The van der Waals surface area contributed by atoms with Crippen LogP contribution in [0.3, 0.4) is 0 Å². The Balaban J connectivity index is 1.95. The predicted octanol–water partition coefficient (Wildman–Crippen LogP) is 2.09. The Hall–Kier alpha value is -0.570. The molecule has 1 fully saturated rings. The van der Waals surface area contributed by atoms with Crippen LogP contribution in [-0.4, -0.2) is 24.2 Å². The molecular weight excluding hydrogens is 202 g/mol. The summed E-state index contributed by atoms with van der Waals surface area (Å²) in [6.45, 7) is 5.04. The Morgan fingerprint density at radius 1 is 1.44 bits per heavy atom. The van der Waals surface area contributed by atoms with E-state index in [0.29, 0.717) is 6.42 Å². The first kappa shape index (κ1) is 13.5. The first-order chi connectivity index (χ1) is 7.53. The highest BCUT2D eigenvalue weighted by atomic mass is 16.3. The van der Waals surface area contributed by atoms with Crippen molar-refractivity contribution in [3.8, 4) is 0 Å². The van der Waals surface area contributed by atoms with Crippen LogP contribution in [0.4, 0.5) is 0 Å². The average molecular weight is 227 g/mol. The van der Waals surface area contributed by atoms with Gasteiger partial charge in [0.25, 0.3) is 0 Å². The molecule has 0 atom stereocenters. The molecule has 1 rings (SSSR count). The lowest BCUT2D eigenvalue weighted by molar-refractivity contribution is -0.121. The monoisotopic (exact) mass is 227 g/mol. The van der Waals surface area contributed by atoms with E-state index in [1.165, 1.54) is 12.8 Å². The van der Waals surface area contributed by atoms with Gasteiger partial charge in [-0.15, -0.1) is 0 Å². The van der Waals surface area contributed by atoms with E-state index in [2.05, 4.69) is 5.32 Å². The molecule has 1 aliphatic rings. The van der Waals surface area contributed by atoms with Crippen molar-refractivity contribution in [2.75, 3.05) is 13.2 Å². The number of amides is 1. The summed E-state index contributed by atoms with van der Waals surface area (Å²) in [5.74, 6) is 1.02. The highest BCUT2D eigenvalue weighted by Crippen LogP contribution is 2.33. The maximum absolute atomic E-state index is 11.4. The second-order valence-corrected chi connectivity index (χ2v) is 5.76. The zero-order valence-corrected chi connectivity index (χ0v) is 10.6. The van der Waals surface area contributed by atoms with Gasteiger partial charge in [-0.05, 0) is 30.6 Å². The number of carbonyl (C=O) groups excluding carboxylic acids is 1. The normalized spacial score (nSPS) is 16.2. The van der Waals surface area contributed by atoms with Gasteiger partial charge in [0.15, 0.2) is 0 Å². The Kier molecular flexibility index (Phi) is 5.26. The topological polar surface area (TPSA) is 49.3 Å². The fourth-order valence-electron chi connectivity index (χ4n) is 1.70. The molecule has 0 bridgehead atoms. The van der Waals surface area contributed by atoms with E-state index >= 15 is 0 Å². The Bertz CT molecular complexity index is 222. The quantitative estimate of drug-likeness (QED) is 0.624. The lowest BCUT2D eigenvalue weighted by Crippen LogP contribution is -2.26. The van der Waals surface area contributed by atoms with Crippen molar-refractivity contribution in [3.05, 3.63) is 0 Å². The van der Waals surface area contributed by atoms with Gasteiger partial charge < -0.3 is 10.4 Å². The molecule has 0 aromatic heterocycles. The molecule has 2 N–H and O–H groups in total. The molecule has 0 aliphatic heterocycles. The maximum Gasteiger partial charge on any atom is 0.220 e. The van der Waals surface area contributed by atoms with Gasteiger partial charge in [-0.2, -0.15) is 0 Å². The highest BCUT2D eigenvalue weighted by Gasteiger charge is 2.21. The molecule has 16 heavy (non-hydrogen) atoms. The smallest absolute Gasteiger partial charge is 0.220 e. The van der Waals surface area contributed by atoms with Gasteiger partial charge >= 0.3 is 0 Å². The molecule has 0 aromatic carbocycles. The lowest BCUT2D eigenvalue weighted by atomic mass is 9.89. The largest absolute Gasteiger partial charge is 0.396 e. The van der Waals surface area contributed by atoms with Crippen molar-refractivity contribution in [2.24, 2.45) is 11.3 Å². The molecule has 0 heterocycles. The highest BCUT2D eigenvalue weighted by molar-refractivity contribution is 5.75. The van der Waals surface area contributed by atoms with Gasteiger partial charge in [-0.25, -0.2) is 0 Å². The predicted molar refractivity (Wildman–Crippen MR) is 65.1 cm³/mol. The summed E-state index contributed by atoms with van der Waals surface area (Å²) >= 11 is 0. The first-order valence-electron chi connectivity index (χ1n) is 6.41. The van der Waals surface area contributed by atoms with Gasteiger partial charge in [0.2, 0.25) is 5.91 Å². The van der Waals surface area contributed by atoms with Gasteiger partial charge in [0, 0.05) is 19.6 Å². The van der Waals surface area contributed by atoms with E-state index in [-0.39, 0.29) is 17.9 Å². The number of rotatable bonds is 8. The van der Waals surface area contributed by atoms with Crippen molar-refractivity contribution in [1.82, 2.24) is 5.32 Å². The lowest BCUT2D eigenvalue weighted by Gasteiger charge is -2.21. The van der Waals surface area contributed by atoms with Crippen LogP contribution in [0.5, 0.6) is 0 Å². The van der Waals surface area contributed by atoms with E-state index in [1.54, 1.807) is 0 Å². The third kappa shape index (κ3) is 6.11. The minimum absolute atomic E-state index is 0.0151.